The van der Waals surface area contributed by atoms with Gasteiger partial charge in [-0.1, -0.05) is 42.5 Å². The van der Waals surface area contributed by atoms with Crippen LogP contribution in [-0.2, 0) is 5.54 Å². The molecule has 0 aromatic heterocycles. The van der Waals surface area contributed by atoms with E-state index >= 15 is 0 Å². The van der Waals surface area contributed by atoms with Crippen molar-refractivity contribution in [3.05, 3.63) is 61.2 Å². The van der Waals surface area contributed by atoms with Gasteiger partial charge in [0.1, 0.15) is 0 Å². The second-order valence-corrected chi connectivity index (χ2v) is 3.51. The van der Waals surface area contributed by atoms with E-state index in [0.29, 0.717) is 0 Å². The molecule has 1 aromatic rings. The third-order valence-electron chi connectivity index (χ3n) is 2.37. The van der Waals surface area contributed by atoms with E-state index in [1.165, 1.54) is 0 Å². The highest BCUT2D eigenvalue weighted by Gasteiger charge is 2.23. The molecule has 14 heavy (non-hydrogen) atoms. The number of nitrogens with two attached hydrogens (primary N) is 1. The van der Waals surface area contributed by atoms with Gasteiger partial charge in [-0.2, -0.15) is 0 Å². The molecule has 2 N–H and O–H groups in total. The smallest absolute Gasteiger partial charge is 0.0479 e. The van der Waals surface area contributed by atoms with E-state index < -0.39 is 0 Å². The van der Waals surface area contributed by atoms with E-state index in [9.17, 15) is 0 Å². The first-order chi connectivity index (χ1) is 6.73. The fourth-order valence-electron chi connectivity index (χ4n) is 1.60. The highest BCUT2D eigenvalue weighted by atomic mass is 14.7. The van der Waals surface area contributed by atoms with Crippen LogP contribution in [0.5, 0.6) is 0 Å². The quantitative estimate of drug-likeness (QED) is 0.704. The van der Waals surface area contributed by atoms with Crippen LogP contribution in [-0.4, -0.2) is 0 Å². The molecule has 0 aliphatic heterocycles. The normalized spacial score (nSPS) is 10.9. The summed E-state index contributed by atoms with van der Waals surface area (Å²) in [6.45, 7) is 7.48. The molecular formula is C13H17N. The van der Waals surface area contributed by atoms with Crippen LogP contribution in [0.15, 0.2) is 55.6 Å². The van der Waals surface area contributed by atoms with Gasteiger partial charge in [0.15, 0.2) is 0 Å². The van der Waals surface area contributed by atoms with Crippen LogP contribution in [0.2, 0.25) is 0 Å². The lowest BCUT2D eigenvalue weighted by Crippen LogP contribution is -2.35. The maximum absolute atomic E-state index is 6.30. The van der Waals surface area contributed by atoms with Crippen LogP contribution in [0, 0.1) is 0 Å². The predicted octanol–water partition coefficient (Wildman–Crippen LogP) is 2.99. The van der Waals surface area contributed by atoms with Crippen molar-refractivity contribution in [1.82, 2.24) is 0 Å². The molecule has 0 aliphatic carbocycles. The Morgan fingerprint density at radius 2 is 1.57 bits per heavy atom. The van der Waals surface area contributed by atoms with Crippen LogP contribution < -0.4 is 5.73 Å². The van der Waals surface area contributed by atoms with Gasteiger partial charge in [-0.25, -0.2) is 0 Å². The van der Waals surface area contributed by atoms with E-state index in [4.69, 9.17) is 5.73 Å². The molecule has 0 radical (unpaired) electrons. The lowest BCUT2D eigenvalue weighted by Gasteiger charge is -2.27. The molecule has 0 bridgehead atoms. The van der Waals surface area contributed by atoms with E-state index in [1.807, 2.05) is 42.5 Å². The monoisotopic (exact) mass is 187 g/mol. The molecule has 1 heteroatoms. The number of hydrogen-bond acceptors (Lipinski definition) is 1. The molecule has 1 rings (SSSR count). The van der Waals surface area contributed by atoms with Gasteiger partial charge in [-0.15, -0.1) is 13.2 Å². The van der Waals surface area contributed by atoms with Crippen molar-refractivity contribution in [2.24, 2.45) is 5.73 Å². The summed E-state index contributed by atoms with van der Waals surface area (Å²) in [5, 5.41) is 0. The van der Waals surface area contributed by atoms with Crippen LogP contribution in [0.4, 0.5) is 0 Å². The van der Waals surface area contributed by atoms with Crippen molar-refractivity contribution in [1.29, 1.82) is 0 Å². The minimum absolute atomic E-state index is 0.342. The topological polar surface area (TPSA) is 26.0 Å². The van der Waals surface area contributed by atoms with E-state index in [0.717, 1.165) is 18.4 Å². The lowest BCUT2D eigenvalue weighted by molar-refractivity contribution is 0.456. The summed E-state index contributed by atoms with van der Waals surface area (Å²) < 4.78 is 0. The third-order valence-corrected chi connectivity index (χ3v) is 2.37. The summed E-state index contributed by atoms with van der Waals surface area (Å²) in [5.41, 5.74) is 7.09. The van der Waals surface area contributed by atoms with E-state index in [1.54, 1.807) is 0 Å². The minimum Gasteiger partial charge on any atom is -0.321 e. The summed E-state index contributed by atoms with van der Waals surface area (Å²) in [5.74, 6) is 0. The third kappa shape index (κ3) is 2.33. The molecule has 0 fully saturated rings. The SMILES string of the molecule is C=CCC(N)(CC=C)c1ccccc1. The summed E-state index contributed by atoms with van der Waals surface area (Å²) >= 11 is 0. The van der Waals surface area contributed by atoms with Gasteiger partial charge in [0.25, 0.3) is 0 Å². The van der Waals surface area contributed by atoms with Gasteiger partial charge in [-0.05, 0) is 18.4 Å². The second-order valence-electron chi connectivity index (χ2n) is 3.51. The first-order valence-electron chi connectivity index (χ1n) is 4.79. The van der Waals surface area contributed by atoms with Crippen LogP contribution in [0.25, 0.3) is 0 Å². The summed E-state index contributed by atoms with van der Waals surface area (Å²) in [7, 11) is 0. The molecule has 0 unspecified atom stereocenters. The number of hydrogen-bond donors (Lipinski definition) is 1. The Morgan fingerprint density at radius 3 is 2.00 bits per heavy atom. The van der Waals surface area contributed by atoms with Gasteiger partial charge in [0.2, 0.25) is 0 Å². The van der Waals surface area contributed by atoms with Gasteiger partial charge in [-0.3, -0.25) is 0 Å². The second kappa shape index (κ2) is 4.77. The summed E-state index contributed by atoms with van der Waals surface area (Å²) in [6, 6.07) is 10.1. The summed E-state index contributed by atoms with van der Waals surface area (Å²) in [4.78, 5) is 0. The van der Waals surface area contributed by atoms with Crippen molar-refractivity contribution in [3.8, 4) is 0 Å². The predicted molar refractivity (Wildman–Crippen MR) is 61.9 cm³/mol. The number of rotatable bonds is 5. The largest absolute Gasteiger partial charge is 0.321 e. The van der Waals surface area contributed by atoms with Gasteiger partial charge < -0.3 is 5.73 Å². The zero-order chi connectivity index (χ0) is 10.4. The molecule has 0 saturated heterocycles. The Balaban J connectivity index is 2.98. The zero-order valence-electron chi connectivity index (χ0n) is 8.45. The molecule has 0 heterocycles. The van der Waals surface area contributed by atoms with E-state index in [2.05, 4.69) is 13.2 Å². The van der Waals surface area contributed by atoms with Crippen molar-refractivity contribution < 1.29 is 0 Å². The molecule has 0 aliphatic rings. The Kier molecular flexibility index (Phi) is 3.66. The molecule has 1 nitrogen and oxygen atoms in total. The average molecular weight is 187 g/mol. The molecule has 0 atom stereocenters. The first-order valence-corrected chi connectivity index (χ1v) is 4.79. The molecule has 0 saturated carbocycles. The molecule has 74 valence electrons. The fourth-order valence-corrected chi connectivity index (χ4v) is 1.60. The Labute approximate surface area is 85.9 Å². The van der Waals surface area contributed by atoms with Crippen LogP contribution >= 0.6 is 0 Å². The lowest BCUT2D eigenvalue weighted by atomic mass is 9.85. The van der Waals surface area contributed by atoms with Crippen LogP contribution in [0.1, 0.15) is 18.4 Å². The molecular weight excluding hydrogens is 170 g/mol. The average Bonchev–Trinajstić information content (AvgIpc) is 2.20. The van der Waals surface area contributed by atoms with E-state index in [-0.39, 0.29) is 5.54 Å². The van der Waals surface area contributed by atoms with Crippen molar-refractivity contribution >= 4 is 0 Å². The maximum Gasteiger partial charge on any atom is 0.0479 e. The molecule has 0 amide bonds. The van der Waals surface area contributed by atoms with Gasteiger partial charge in [0.05, 0.1) is 0 Å². The van der Waals surface area contributed by atoms with Crippen molar-refractivity contribution in [2.75, 3.05) is 0 Å². The fraction of sp³-hybridized carbons (Fsp3) is 0.231. The molecule has 0 spiro atoms. The summed E-state index contributed by atoms with van der Waals surface area (Å²) in [6.07, 6.45) is 5.25. The van der Waals surface area contributed by atoms with Crippen molar-refractivity contribution in [3.63, 3.8) is 0 Å². The number of benzene rings is 1. The zero-order valence-corrected chi connectivity index (χ0v) is 8.45. The highest BCUT2D eigenvalue weighted by Crippen LogP contribution is 2.26. The standard InChI is InChI=1S/C13H17N/c1-3-10-13(14,11-4-2)12-8-6-5-7-9-12/h3-9H,1-2,10-11,14H2. The Hall–Kier alpha value is -1.34. The maximum atomic E-state index is 6.30. The van der Waals surface area contributed by atoms with Crippen molar-refractivity contribution in [2.45, 2.75) is 18.4 Å². The minimum atomic E-state index is -0.342. The van der Waals surface area contributed by atoms with Gasteiger partial charge >= 0.3 is 0 Å². The van der Waals surface area contributed by atoms with Crippen LogP contribution in [0.3, 0.4) is 0 Å². The molecule has 1 aromatic carbocycles. The first kappa shape index (κ1) is 10.7. The Morgan fingerprint density at radius 1 is 1.07 bits per heavy atom. The highest BCUT2D eigenvalue weighted by molar-refractivity contribution is 5.25. The Bertz CT molecular complexity index is 290. The van der Waals surface area contributed by atoms with Gasteiger partial charge in [0, 0.05) is 5.54 Å².